The number of rotatable bonds is 6. The van der Waals surface area contributed by atoms with E-state index in [1.807, 2.05) is 39.0 Å². The summed E-state index contributed by atoms with van der Waals surface area (Å²) < 4.78 is 0. The highest BCUT2D eigenvalue weighted by Gasteiger charge is 2.23. The largest absolute Gasteiger partial charge is 0.340 e. The number of thiazole rings is 1. The summed E-state index contributed by atoms with van der Waals surface area (Å²) in [5, 5.41) is 7.92. The molecular formula is C17H21N3O2S. The molecule has 0 radical (unpaired) electrons. The zero-order chi connectivity index (χ0) is 16.8. The molecule has 6 heteroatoms. The standard InChI is InChI=1S/C17H21N3O2S/c1-11(2)10-14(16(22)20-17-18-8-9-23-17)19-15(21)13-7-5-4-6-12(13)3/h4-9,11,14H,10H2,1-3H3,(H,19,21)(H,18,20,22). The maximum atomic E-state index is 12.5. The summed E-state index contributed by atoms with van der Waals surface area (Å²) in [6, 6.07) is 6.74. The van der Waals surface area contributed by atoms with Gasteiger partial charge in [0.15, 0.2) is 5.13 Å². The molecule has 0 aliphatic rings. The van der Waals surface area contributed by atoms with Crippen LogP contribution in [-0.4, -0.2) is 22.8 Å². The first-order valence-corrected chi connectivity index (χ1v) is 8.42. The summed E-state index contributed by atoms with van der Waals surface area (Å²) in [5.74, 6) is -0.196. The van der Waals surface area contributed by atoms with Crippen LogP contribution >= 0.6 is 11.3 Å². The van der Waals surface area contributed by atoms with Gasteiger partial charge in [-0.05, 0) is 30.9 Å². The van der Waals surface area contributed by atoms with E-state index < -0.39 is 6.04 Å². The second-order valence-corrected chi connectivity index (χ2v) is 6.69. The van der Waals surface area contributed by atoms with Crippen molar-refractivity contribution in [3.63, 3.8) is 0 Å². The second-order valence-electron chi connectivity index (χ2n) is 5.80. The van der Waals surface area contributed by atoms with Gasteiger partial charge in [0, 0.05) is 17.1 Å². The number of amides is 2. The first-order chi connectivity index (χ1) is 11.0. The number of nitrogens with zero attached hydrogens (tertiary/aromatic N) is 1. The van der Waals surface area contributed by atoms with Crippen LogP contribution in [0.1, 0.15) is 36.2 Å². The smallest absolute Gasteiger partial charge is 0.252 e. The summed E-state index contributed by atoms with van der Waals surface area (Å²) >= 11 is 1.35. The van der Waals surface area contributed by atoms with Crippen molar-refractivity contribution in [1.82, 2.24) is 10.3 Å². The number of aromatic nitrogens is 1. The van der Waals surface area contributed by atoms with Crippen molar-refractivity contribution < 1.29 is 9.59 Å². The summed E-state index contributed by atoms with van der Waals surface area (Å²) in [4.78, 5) is 28.9. The van der Waals surface area contributed by atoms with E-state index in [4.69, 9.17) is 0 Å². The van der Waals surface area contributed by atoms with Crippen LogP contribution in [0.4, 0.5) is 5.13 Å². The van der Waals surface area contributed by atoms with Crippen molar-refractivity contribution in [1.29, 1.82) is 0 Å². The van der Waals surface area contributed by atoms with E-state index in [9.17, 15) is 9.59 Å². The normalized spacial score (nSPS) is 12.0. The molecule has 0 spiro atoms. The number of hydrogen-bond acceptors (Lipinski definition) is 4. The van der Waals surface area contributed by atoms with Crippen LogP contribution in [0.25, 0.3) is 0 Å². The number of hydrogen-bond donors (Lipinski definition) is 2. The molecule has 5 nitrogen and oxygen atoms in total. The molecule has 0 bridgehead atoms. The molecule has 0 saturated carbocycles. The molecule has 0 aliphatic carbocycles. The Hall–Kier alpha value is -2.21. The first kappa shape index (κ1) is 17.1. The van der Waals surface area contributed by atoms with Gasteiger partial charge in [0.2, 0.25) is 5.91 Å². The molecule has 1 aromatic carbocycles. The Kier molecular flexibility index (Phi) is 5.87. The fraction of sp³-hybridized carbons (Fsp3) is 0.353. The third-order valence-electron chi connectivity index (χ3n) is 3.38. The quantitative estimate of drug-likeness (QED) is 0.853. The van der Waals surface area contributed by atoms with E-state index in [0.29, 0.717) is 17.1 Å². The highest BCUT2D eigenvalue weighted by Crippen LogP contribution is 2.14. The SMILES string of the molecule is Cc1ccccc1C(=O)NC(CC(C)C)C(=O)Nc1nccs1. The fourth-order valence-electron chi connectivity index (χ4n) is 2.24. The van der Waals surface area contributed by atoms with E-state index in [1.54, 1.807) is 17.6 Å². The lowest BCUT2D eigenvalue weighted by Gasteiger charge is -2.20. The number of nitrogens with one attached hydrogen (secondary N) is 2. The molecule has 122 valence electrons. The van der Waals surface area contributed by atoms with Gasteiger partial charge in [0.25, 0.3) is 5.91 Å². The minimum absolute atomic E-state index is 0.233. The third-order valence-corrected chi connectivity index (χ3v) is 4.07. The van der Waals surface area contributed by atoms with Crippen LogP contribution in [0.15, 0.2) is 35.8 Å². The first-order valence-electron chi connectivity index (χ1n) is 7.54. The molecule has 0 saturated heterocycles. The monoisotopic (exact) mass is 331 g/mol. The maximum Gasteiger partial charge on any atom is 0.252 e. The van der Waals surface area contributed by atoms with E-state index in [0.717, 1.165) is 5.56 Å². The van der Waals surface area contributed by atoms with Gasteiger partial charge in [0.05, 0.1) is 0 Å². The molecule has 0 fully saturated rings. The van der Waals surface area contributed by atoms with Crippen LogP contribution in [0.2, 0.25) is 0 Å². The van der Waals surface area contributed by atoms with E-state index in [1.165, 1.54) is 11.3 Å². The molecule has 23 heavy (non-hydrogen) atoms. The highest BCUT2D eigenvalue weighted by molar-refractivity contribution is 7.13. The maximum absolute atomic E-state index is 12.5. The number of anilines is 1. The summed E-state index contributed by atoms with van der Waals surface area (Å²) in [6.45, 7) is 5.91. The van der Waals surface area contributed by atoms with Crippen molar-refractivity contribution in [2.75, 3.05) is 5.32 Å². The number of aryl methyl sites for hydroxylation is 1. The van der Waals surface area contributed by atoms with Crippen LogP contribution in [0.3, 0.4) is 0 Å². The number of carbonyl (C=O) groups excluding carboxylic acids is 2. The van der Waals surface area contributed by atoms with Gasteiger partial charge >= 0.3 is 0 Å². The van der Waals surface area contributed by atoms with Gasteiger partial charge in [-0.25, -0.2) is 4.98 Å². The van der Waals surface area contributed by atoms with Crippen LogP contribution < -0.4 is 10.6 Å². The Labute approximate surface area is 140 Å². The lowest BCUT2D eigenvalue weighted by Crippen LogP contribution is -2.44. The van der Waals surface area contributed by atoms with Gasteiger partial charge < -0.3 is 10.6 Å². The van der Waals surface area contributed by atoms with E-state index in [2.05, 4.69) is 15.6 Å². The number of benzene rings is 1. The van der Waals surface area contributed by atoms with Crippen molar-refractivity contribution in [3.8, 4) is 0 Å². The van der Waals surface area contributed by atoms with E-state index in [-0.39, 0.29) is 17.7 Å². The molecule has 2 rings (SSSR count). The van der Waals surface area contributed by atoms with Crippen molar-refractivity contribution in [2.24, 2.45) is 5.92 Å². The zero-order valence-corrected chi connectivity index (χ0v) is 14.3. The summed E-state index contributed by atoms with van der Waals surface area (Å²) in [6.07, 6.45) is 2.19. The van der Waals surface area contributed by atoms with Crippen LogP contribution in [0, 0.1) is 12.8 Å². The Morgan fingerprint density at radius 1 is 1.26 bits per heavy atom. The minimum Gasteiger partial charge on any atom is -0.340 e. The topological polar surface area (TPSA) is 71.1 Å². The Bertz CT molecular complexity index is 668. The van der Waals surface area contributed by atoms with Gasteiger partial charge in [-0.1, -0.05) is 32.0 Å². The average Bonchev–Trinajstić information content (AvgIpc) is 2.99. The van der Waals surface area contributed by atoms with Gasteiger partial charge in [0.1, 0.15) is 6.04 Å². The van der Waals surface area contributed by atoms with Gasteiger partial charge in [-0.3, -0.25) is 9.59 Å². The molecule has 1 aromatic heterocycles. The van der Waals surface area contributed by atoms with Crippen LogP contribution in [-0.2, 0) is 4.79 Å². The zero-order valence-electron chi connectivity index (χ0n) is 13.5. The average molecular weight is 331 g/mol. The Morgan fingerprint density at radius 2 is 2.00 bits per heavy atom. The molecule has 2 aromatic rings. The summed E-state index contributed by atoms with van der Waals surface area (Å²) in [5.41, 5.74) is 1.47. The number of carbonyl (C=O) groups is 2. The lowest BCUT2D eigenvalue weighted by atomic mass is 10.0. The predicted octanol–water partition coefficient (Wildman–Crippen LogP) is 3.23. The third kappa shape index (κ3) is 4.89. The molecule has 1 heterocycles. The molecular weight excluding hydrogens is 310 g/mol. The van der Waals surface area contributed by atoms with Gasteiger partial charge in [-0.15, -0.1) is 11.3 Å². The molecule has 1 unspecified atom stereocenters. The Morgan fingerprint density at radius 3 is 2.61 bits per heavy atom. The molecule has 2 amide bonds. The fourth-order valence-corrected chi connectivity index (χ4v) is 2.78. The van der Waals surface area contributed by atoms with Crippen molar-refractivity contribution in [2.45, 2.75) is 33.2 Å². The lowest BCUT2D eigenvalue weighted by molar-refractivity contribution is -0.118. The highest BCUT2D eigenvalue weighted by atomic mass is 32.1. The predicted molar refractivity (Wildman–Crippen MR) is 92.6 cm³/mol. The van der Waals surface area contributed by atoms with Crippen molar-refractivity contribution >= 4 is 28.3 Å². The van der Waals surface area contributed by atoms with Gasteiger partial charge in [-0.2, -0.15) is 0 Å². The molecule has 1 atom stereocenters. The summed E-state index contributed by atoms with van der Waals surface area (Å²) in [7, 11) is 0. The molecule has 0 aliphatic heterocycles. The minimum atomic E-state index is -0.592. The van der Waals surface area contributed by atoms with Crippen molar-refractivity contribution in [3.05, 3.63) is 47.0 Å². The van der Waals surface area contributed by atoms with E-state index >= 15 is 0 Å². The second kappa shape index (κ2) is 7.87. The van der Waals surface area contributed by atoms with Crippen LogP contribution in [0.5, 0.6) is 0 Å². The Balaban J connectivity index is 2.10. The molecule has 2 N–H and O–H groups in total.